The summed E-state index contributed by atoms with van der Waals surface area (Å²) in [5.41, 5.74) is 2.26. The van der Waals surface area contributed by atoms with Crippen LogP contribution in [0.1, 0.15) is 114 Å². The molecule has 2 nitrogen and oxygen atoms in total. The molecule has 3 aliphatic rings. The lowest BCUT2D eigenvalue weighted by Gasteiger charge is -2.36. The Morgan fingerprint density at radius 2 is 1.57 bits per heavy atom. The van der Waals surface area contributed by atoms with Crippen LogP contribution in [0.25, 0.3) is 5.57 Å². The van der Waals surface area contributed by atoms with Crippen LogP contribution in [-0.2, 0) is 11.2 Å². The third-order valence-corrected chi connectivity index (χ3v) is 10.4. The summed E-state index contributed by atoms with van der Waals surface area (Å²) in [6.45, 7) is 4.74. The molecule has 3 aliphatic carbocycles. The first-order valence-corrected chi connectivity index (χ1v) is 16.9. The van der Waals surface area contributed by atoms with E-state index in [0.29, 0.717) is 60.0 Å². The summed E-state index contributed by atoms with van der Waals surface area (Å²) in [6.07, 6.45) is 18.4. The average Bonchev–Trinajstić information content (AvgIpc) is 3.05. The van der Waals surface area contributed by atoms with E-state index in [4.69, 9.17) is 9.47 Å². The number of hydrogen-bond acceptors (Lipinski definition) is 2. The fourth-order valence-corrected chi connectivity index (χ4v) is 7.73. The van der Waals surface area contributed by atoms with E-state index >= 15 is 0 Å². The number of benzene rings is 2. The maximum Gasteiger partial charge on any atom is 0.201 e. The zero-order valence-corrected chi connectivity index (χ0v) is 26.4. The van der Waals surface area contributed by atoms with E-state index in [9.17, 15) is 17.6 Å². The third-order valence-electron chi connectivity index (χ3n) is 10.4. The Labute approximate surface area is 260 Å². The highest BCUT2D eigenvalue weighted by atomic mass is 19.2. The standard InChI is InChI=1S/C38H48F4O2/c1-3-5-6-7-30-18-21-32(36(40)35(30)39)28-10-8-25(9-11-28)24-44-31-19-16-27(17-20-31)26-12-14-29(15-13-26)33-22-23-34(43-4-2)38(42)37(33)41/h3,5,14,18,21-23,25-28,31H,4,6-13,15-17,19-20,24H2,1-2H3. The van der Waals surface area contributed by atoms with Gasteiger partial charge in [-0.3, -0.25) is 0 Å². The number of allylic oxidation sites excluding steroid dienone is 4. The topological polar surface area (TPSA) is 18.5 Å². The van der Waals surface area contributed by atoms with Crippen molar-refractivity contribution in [1.82, 2.24) is 0 Å². The average molecular weight is 613 g/mol. The summed E-state index contributed by atoms with van der Waals surface area (Å²) >= 11 is 0. The molecular formula is C38H48F4O2. The summed E-state index contributed by atoms with van der Waals surface area (Å²) in [7, 11) is 0. The Kier molecular flexibility index (Phi) is 11.6. The van der Waals surface area contributed by atoms with Gasteiger partial charge in [0.1, 0.15) is 0 Å². The number of hydrogen-bond donors (Lipinski definition) is 0. The quantitative estimate of drug-likeness (QED) is 0.186. The van der Waals surface area contributed by atoms with Crippen LogP contribution in [0.4, 0.5) is 17.6 Å². The molecule has 0 bridgehead atoms. The van der Waals surface area contributed by atoms with Crippen molar-refractivity contribution in [2.45, 2.75) is 109 Å². The van der Waals surface area contributed by atoms with E-state index in [0.717, 1.165) is 82.8 Å². The summed E-state index contributed by atoms with van der Waals surface area (Å²) in [6, 6.07) is 6.76. The van der Waals surface area contributed by atoms with Gasteiger partial charge >= 0.3 is 0 Å². The maximum absolute atomic E-state index is 14.9. The number of aryl methyl sites for hydroxylation is 1. The van der Waals surface area contributed by atoms with E-state index in [1.807, 2.05) is 25.1 Å². The minimum absolute atomic E-state index is 0.0289. The first-order chi connectivity index (χ1) is 21.4. The molecule has 1 atom stereocenters. The Bertz CT molecular complexity index is 1300. The molecule has 2 fully saturated rings. The van der Waals surface area contributed by atoms with Gasteiger partial charge in [-0.25, -0.2) is 13.2 Å². The van der Waals surface area contributed by atoms with Gasteiger partial charge in [-0.05, 0) is 150 Å². The third kappa shape index (κ3) is 7.78. The smallest absolute Gasteiger partial charge is 0.201 e. The van der Waals surface area contributed by atoms with Gasteiger partial charge in [0.15, 0.2) is 23.2 Å². The van der Waals surface area contributed by atoms with Crippen molar-refractivity contribution in [2.24, 2.45) is 17.8 Å². The molecule has 0 aliphatic heterocycles. The van der Waals surface area contributed by atoms with Crippen molar-refractivity contribution in [3.05, 3.63) is 82.5 Å². The molecule has 0 N–H and O–H groups in total. The summed E-state index contributed by atoms with van der Waals surface area (Å²) in [5, 5.41) is 0. The van der Waals surface area contributed by atoms with Gasteiger partial charge in [0.25, 0.3) is 0 Å². The molecule has 44 heavy (non-hydrogen) atoms. The van der Waals surface area contributed by atoms with Gasteiger partial charge in [0.05, 0.1) is 12.7 Å². The predicted octanol–water partition coefficient (Wildman–Crippen LogP) is 10.9. The minimum Gasteiger partial charge on any atom is -0.491 e. The second kappa shape index (κ2) is 15.6. The van der Waals surface area contributed by atoms with Crippen molar-refractivity contribution < 1.29 is 27.0 Å². The first kappa shape index (κ1) is 32.8. The Hall–Kier alpha value is -2.60. The van der Waals surface area contributed by atoms with E-state index in [2.05, 4.69) is 6.08 Å². The molecule has 5 rings (SSSR count). The Morgan fingerprint density at radius 1 is 0.795 bits per heavy atom. The second-order valence-electron chi connectivity index (χ2n) is 13.1. The first-order valence-electron chi connectivity index (χ1n) is 16.9. The van der Waals surface area contributed by atoms with Gasteiger partial charge in [-0.15, -0.1) is 0 Å². The highest BCUT2D eigenvalue weighted by molar-refractivity contribution is 5.67. The van der Waals surface area contributed by atoms with E-state index in [1.54, 1.807) is 19.1 Å². The Morgan fingerprint density at radius 3 is 2.25 bits per heavy atom. The lowest BCUT2D eigenvalue weighted by molar-refractivity contribution is -0.0132. The van der Waals surface area contributed by atoms with Gasteiger partial charge < -0.3 is 9.47 Å². The fraction of sp³-hybridized carbons (Fsp3) is 0.579. The molecule has 240 valence electrons. The monoisotopic (exact) mass is 612 g/mol. The highest BCUT2D eigenvalue weighted by Gasteiger charge is 2.31. The van der Waals surface area contributed by atoms with Gasteiger partial charge in [0, 0.05) is 12.2 Å². The van der Waals surface area contributed by atoms with Gasteiger partial charge in [-0.2, -0.15) is 4.39 Å². The molecule has 0 saturated heterocycles. The molecule has 2 saturated carbocycles. The number of rotatable bonds is 11. The van der Waals surface area contributed by atoms with E-state index in [-0.39, 0.29) is 11.7 Å². The lowest BCUT2D eigenvalue weighted by Crippen LogP contribution is -2.29. The molecule has 2 aromatic rings. The van der Waals surface area contributed by atoms with Crippen LogP contribution in [0.15, 0.2) is 42.5 Å². The second-order valence-corrected chi connectivity index (χ2v) is 13.1. The van der Waals surface area contributed by atoms with Crippen molar-refractivity contribution >= 4 is 5.57 Å². The highest BCUT2D eigenvalue weighted by Crippen LogP contribution is 2.42. The van der Waals surface area contributed by atoms with Crippen molar-refractivity contribution in [2.75, 3.05) is 13.2 Å². The van der Waals surface area contributed by atoms with Crippen LogP contribution in [0.2, 0.25) is 0 Å². The van der Waals surface area contributed by atoms with Gasteiger partial charge in [-0.1, -0.05) is 30.4 Å². The lowest BCUT2D eigenvalue weighted by atomic mass is 9.72. The molecule has 1 unspecified atom stereocenters. The van der Waals surface area contributed by atoms with Crippen LogP contribution < -0.4 is 4.74 Å². The van der Waals surface area contributed by atoms with Crippen LogP contribution in [0.3, 0.4) is 0 Å². The molecule has 0 radical (unpaired) electrons. The zero-order chi connectivity index (χ0) is 31.1. The number of halogens is 4. The maximum atomic E-state index is 14.9. The molecule has 0 aromatic heterocycles. The summed E-state index contributed by atoms with van der Waals surface area (Å²) in [5.74, 6) is -1.27. The van der Waals surface area contributed by atoms with Crippen LogP contribution in [0.5, 0.6) is 5.75 Å². The predicted molar refractivity (Wildman–Crippen MR) is 169 cm³/mol. The van der Waals surface area contributed by atoms with Crippen LogP contribution in [0, 0.1) is 41.0 Å². The zero-order valence-electron chi connectivity index (χ0n) is 26.4. The molecule has 0 spiro atoms. The van der Waals surface area contributed by atoms with E-state index < -0.39 is 23.3 Å². The Balaban J connectivity index is 1.03. The normalized spacial score (nSPS) is 26.1. The summed E-state index contributed by atoms with van der Waals surface area (Å²) in [4.78, 5) is 0. The molecule has 2 aromatic carbocycles. The van der Waals surface area contributed by atoms with Crippen molar-refractivity contribution in [3.8, 4) is 5.75 Å². The van der Waals surface area contributed by atoms with Crippen molar-refractivity contribution in [3.63, 3.8) is 0 Å². The van der Waals surface area contributed by atoms with Crippen molar-refractivity contribution in [1.29, 1.82) is 0 Å². The number of ether oxygens (including phenoxy) is 2. The molecule has 0 amide bonds. The van der Waals surface area contributed by atoms with Gasteiger partial charge in [0.2, 0.25) is 5.82 Å². The SMILES string of the molecule is CC=CCCc1ccc(C2CCC(COC3CCC(C4CC=C(c5ccc(OCC)c(F)c5F)CC4)CC3)CC2)c(F)c1F. The largest absolute Gasteiger partial charge is 0.491 e. The van der Waals surface area contributed by atoms with Crippen LogP contribution >= 0.6 is 0 Å². The summed E-state index contributed by atoms with van der Waals surface area (Å²) < 4.78 is 70.3. The van der Waals surface area contributed by atoms with E-state index in [1.165, 1.54) is 6.07 Å². The fourth-order valence-electron chi connectivity index (χ4n) is 7.73. The molecular weight excluding hydrogens is 564 g/mol. The molecule has 0 heterocycles. The molecule has 6 heteroatoms. The minimum atomic E-state index is -0.899. The van der Waals surface area contributed by atoms with Crippen LogP contribution in [-0.4, -0.2) is 19.3 Å².